The third-order valence-electron chi connectivity index (χ3n) is 6.73. The van der Waals surface area contributed by atoms with E-state index in [0.717, 1.165) is 53.1 Å². The van der Waals surface area contributed by atoms with E-state index in [0.29, 0.717) is 24.6 Å². The number of hydrogen-bond donors (Lipinski definition) is 3. The molecule has 10 nitrogen and oxygen atoms in total. The van der Waals surface area contributed by atoms with Crippen molar-refractivity contribution in [2.45, 2.75) is 39.3 Å². The van der Waals surface area contributed by atoms with Gasteiger partial charge in [0.25, 0.3) is 5.56 Å². The molecule has 0 saturated carbocycles. The molecule has 4 heterocycles. The van der Waals surface area contributed by atoms with Crippen molar-refractivity contribution in [1.29, 1.82) is 0 Å². The summed E-state index contributed by atoms with van der Waals surface area (Å²) in [6.45, 7) is 5.74. The molecule has 1 aromatic carbocycles. The van der Waals surface area contributed by atoms with E-state index in [9.17, 15) is 9.90 Å². The molecule has 10 heteroatoms. The third kappa shape index (κ3) is 4.74. The number of aromatic amines is 2. The molecule has 0 spiro atoms. The SMILES string of the molecule is CCOc1nn(CCO)c(CN2CCCCC2)c1/C=C/c1[nH]nc2ccc(-c3c[nH]n(C)c3=O)cc12. The maximum Gasteiger partial charge on any atom is 0.274 e. The monoisotopic (exact) mass is 491 g/mol. The second-order valence-corrected chi connectivity index (χ2v) is 9.14. The number of aryl methyl sites for hydroxylation is 1. The predicted octanol–water partition coefficient (Wildman–Crippen LogP) is 3.00. The van der Waals surface area contributed by atoms with E-state index in [4.69, 9.17) is 4.74 Å². The highest BCUT2D eigenvalue weighted by molar-refractivity contribution is 5.92. The van der Waals surface area contributed by atoms with Crippen LogP contribution in [0, 0.1) is 0 Å². The van der Waals surface area contributed by atoms with Crippen molar-refractivity contribution >= 4 is 23.1 Å². The highest BCUT2D eigenvalue weighted by Crippen LogP contribution is 2.29. The zero-order valence-corrected chi connectivity index (χ0v) is 20.8. The summed E-state index contributed by atoms with van der Waals surface area (Å²) >= 11 is 0. The van der Waals surface area contributed by atoms with Crippen LogP contribution in [0.4, 0.5) is 0 Å². The van der Waals surface area contributed by atoms with Gasteiger partial charge in [0.05, 0.1) is 47.8 Å². The van der Waals surface area contributed by atoms with Crippen molar-refractivity contribution < 1.29 is 9.84 Å². The van der Waals surface area contributed by atoms with Gasteiger partial charge in [-0.05, 0) is 62.7 Å². The van der Waals surface area contributed by atoms with Crippen LogP contribution in [-0.4, -0.2) is 66.1 Å². The van der Waals surface area contributed by atoms with E-state index >= 15 is 0 Å². The van der Waals surface area contributed by atoms with Gasteiger partial charge in [0, 0.05) is 25.2 Å². The van der Waals surface area contributed by atoms with Gasteiger partial charge in [-0.15, -0.1) is 5.10 Å². The molecule has 1 aliphatic rings. The van der Waals surface area contributed by atoms with Crippen molar-refractivity contribution in [3.05, 3.63) is 51.7 Å². The lowest BCUT2D eigenvalue weighted by atomic mass is 10.1. The molecule has 190 valence electrons. The van der Waals surface area contributed by atoms with Gasteiger partial charge in [-0.1, -0.05) is 12.5 Å². The molecule has 0 amide bonds. The number of H-pyrrole nitrogens is 2. The van der Waals surface area contributed by atoms with Crippen LogP contribution in [0.25, 0.3) is 34.2 Å². The Morgan fingerprint density at radius 1 is 1.19 bits per heavy atom. The minimum absolute atomic E-state index is 0.00990. The largest absolute Gasteiger partial charge is 0.476 e. The number of nitrogens with zero attached hydrogens (tertiary/aromatic N) is 5. The Morgan fingerprint density at radius 3 is 2.75 bits per heavy atom. The molecule has 4 aromatic rings. The fraction of sp³-hybridized carbons (Fsp3) is 0.423. The smallest absolute Gasteiger partial charge is 0.274 e. The molecule has 1 saturated heterocycles. The summed E-state index contributed by atoms with van der Waals surface area (Å²) in [4.78, 5) is 14.9. The molecule has 3 N–H and O–H groups in total. The molecule has 5 rings (SSSR count). The van der Waals surface area contributed by atoms with Gasteiger partial charge in [-0.2, -0.15) is 5.10 Å². The number of aliphatic hydroxyl groups excluding tert-OH is 1. The fourth-order valence-corrected chi connectivity index (χ4v) is 4.83. The second kappa shape index (κ2) is 10.5. The molecule has 1 fully saturated rings. The number of benzene rings is 1. The van der Waals surface area contributed by atoms with E-state index in [2.05, 4.69) is 25.3 Å². The van der Waals surface area contributed by atoms with E-state index in [1.54, 1.807) is 13.2 Å². The standard InChI is InChI=1S/C26H33N7O3/c1-3-36-25-19(24(33(30-25)13-14-34)17-32-11-5-4-6-12-32)8-10-23-20-15-18(7-9-22(20)28-29-23)21-16-27-31(2)26(21)35/h7-10,15-16,27,34H,3-6,11-14,17H2,1-2H3,(H,28,29)/b10-8+. The lowest BCUT2D eigenvalue weighted by Gasteiger charge is -2.26. The average molecular weight is 492 g/mol. The lowest BCUT2D eigenvalue weighted by Crippen LogP contribution is -2.30. The summed E-state index contributed by atoms with van der Waals surface area (Å²) in [6.07, 6.45) is 9.38. The Labute approximate surface area is 209 Å². The predicted molar refractivity (Wildman–Crippen MR) is 140 cm³/mol. The van der Waals surface area contributed by atoms with Crippen LogP contribution in [0.2, 0.25) is 0 Å². The quantitative estimate of drug-likeness (QED) is 0.331. The van der Waals surface area contributed by atoms with Crippen LogP contribution in [0.3, 0.4) is 0 Å². The van der Waals surface area contributed by atoms with Crippen LogP contribution in [0.15, 0.2) is 29.2 Å². The van der Waals surface area contributed by atoms with E-state index in [1.807, 2.05) is 42.0 Å². The van der Waals surface area contributed by atoms with E-state index in [1.165, 1.54) is 23.9 Å². The van der Waals surface area contributed by atoms with Crippen molar-refractivity contribution in [2.24, 2.45) is 7.05 Å². The van der Waals surface area contributed by atoms with Gasteiger partial charge in [0.15, 0.2) is 0 Å². The number of aromatic nitrogens is 6. The molecule has 0 bridgehead atoms. The summed E-state index contributed by atoms with van der Waals surface area (Å²) < 4.78 is 9.22. The average Bonchev–Trinajstić information content (AvgIpc) is 3.55. The van der Waals surface area contributed by atoms with Gasteiger partial charge in [0.2, 0.25) is 5.88 Å². The molecule has 1 aliphatic heterocycles. The minimum atomic E-state index is -0.0741. The number of nitrogens with one attached hydrogen (secondary N) is 2. The van der Waals surface area contributed by atoms with Crippen molar-refractivity contribution in [3.63, 3.8) is 0 Å². The van der Waals surface area contributed by atoms with Gasteiger partial charge in [-0.3, -0.25) is 24.2 Å². The third-order valence-corrected chi connectivity index (χ3v) is 6.73. The topological polar surface area (TPSA) is 117 Å². The number of likely N-dealkylation sites (tertiary alicyclic amines) is 1. The van der Waals surface area contributed by atoms with Crippen LogP contribution in [0.5, 0.6) is 5.88 Å². The van der Waals surface area contributed by atoms with Crippen molar-refractivity contribution in [3.8, 4) is 17.0 Å². The molecule has 0 radical (unpaired) electrons. The Kier molecular flexibility index (Phi) is 7.06. The molecule has 3 aromatic heterocycles. The Morgan fingerprint density at radius 2 is 2.03 bits per heavy atom. The van der Waals surface area contributed by atoms with E-state index in [-0.39, 0.29) is 12.2 Å². The highest BCUT2D eigenvalue weighted by Gasteiger charge is 2.21. The number of ether oxygens (including phenoxy) is 1. The van der Waals surface area contributed by atoms with Crippen LogP contribution in [-0.2, 0) is 20.1 Å². The van der Waals surface area contributed by atoms with Crippen molar-refractivity contribution in [2.75, 3.05) is 26.3 Å². The van der Waals surface area contributed by atoms with Gasteiger partial charge >= 0.3 is 0 Å². The van der Waals surface area contributed by atoms with Gasteiger partial charge in [0.1, 0.15) is 0 Å². The zero-order valence-electron chi connectivity index (χ0n) is 20.8. The molecule has 0 atom stereocenters. The van der Waals surface area contributed by atoms with Crippen LogP contribution in [0.1, 0.15) is 43.1 Å². The second-order valence-electron chi connectivity index (χ2n) is 9.14. The number of piperidine rings is 1. The minimum Gasteiger partial charge on any atom is -0.476 e. The van der Waals surface area contributed by atoms with Crippen molar-refractivity contribution in [1.82, 2.24) is 34.7 Å². The first kappa shape index (κ1) is 24.1. The summed E-state index contributed by atoms with van der Waals surface area (Å²) in [5.74, 6) is 0.564. The number of rotatable bonds is 9. The Hall–Kier alpha value is -3.63. The lowest BCUT2D eigenvalue weighted by molar-refractivity contribution is 0.210. The number of fused-ring (bicyclic) bond motifs is 1. The summed E-state index contributed by atoms with van der Waals surface area (Å²) in [7, 11) is 1.70. The maximum atomic E-state index is 12.4. The normalized spacial score (nSPS) is 14.9. The summed E-state index contributed by atoms with van der Waals surface area (Å²) in [6, 6.07) is 5.80. The van der Waals surface area contributed by atoms with Crippen LogP contribution < -0.4 is 10.3 Å². The maximum absolute atomic E-state index is 12.4. The first-order valence-electron chi connectivity index (χ1n) is 12.6. The first-order chi connectivity index (χ1) is 17.6. The van der Waals surface area contributed by atoms with Crippen LogP contribution >= 0.6 is 0 Å². The van der Waals surface area contributed by atoms with Gasteiger partial charge < -0.3 is 14.9 Å². The Balaban J connectivity index is 1.53. The van der Waals surface area contributed by atoms with Gasteiger partial charge in [-0.25, -0.2) is 0 Å². The molecule has 0 unspecified atom stereocenters. The zero-order chi connectivity index (χ0) is 25.1. The number of hydrogen-bond acceptors (Lipinski definition) is 6. The molecule has 36 heavy (non-hydrogen) atoms. The first-order valence-corrected chi connectivity index (χ1v) is 12.6. The fourth-order valence-electron chi connectivity index (χ4n) is 4.83. The summed E-state index contributed by atoms with van der Waals surface area (Å²) in [5, 5.41) is 25.7. The number of aliphatic hydroxyl groups is 1. The van der Waals surface area contributed by atoms with E-state index < -0.39 is 0 Å². The highest BCUT2D eigenvalue weighted by atomic mass is 16.5. The molecular weight excluding hydrogens is 458 g/mol. The molecule has 0 aliphatic carbocycles. The Bertz CT molecular complexity index is 1420. The summed E-state index contributed by atoms with van der Waals surface area (Å²) in [5.41, 5.74) is 4.97. The molecular formula is C26H33N7O3.